The van der Waals surface area contributed by atoms with Crippen LogP contribution in [0.15, 0.2) is 21.0 Å². The Labute approximate surface area is 182 Å². The van der Waals surface area contributed by atoms with Gasteiger partial charge in [0, 0.05) is 16.3 Å². The second kappa shape index (κ2) is 9.82. The van der Waals surface area contributed by atoms with Crippen LogP contribution in [0.4, 0.5) is 4.39 Å². The smallest absolute Gasteiger partial charge is 0.147 e. The zero-order chi connectivity index (χ0) is 21.9. The largest absolute Gasteiger partial charge is 0.234 e. The lowest BCUT2D eigenvalue weighted by Crippen LogP contribution is -2.43. The molecule has 28 heavy (non-hydrogen) atoms. The van der Waals surface area contributed by atoms with Gasteiger partial charge in [0.15, 0.2) is 0 Å². The summed E-state index contributed by atoms with van der Waals surface area (Å²) in [6.07, 6.45) is 1.35. The molecular weight excluding hydrogens is 453 g/mol. The van der Waals surface area contributed by atoms with Crippen LogP contribution in [0.5, 0.6) is 0 Å². The maximum Gasteiger partial charge on any atom is 0.147 e. The summed E-state index contributed by atoms with van der Waals surface area (Å²) in [6.45, 7) is 18.9. The zero-order valence-electron chi connectivity index (χ0n) is 18.5. The Morgan fingerprint density at radius 2 is 1.61 bits per heavy atom. The molecule has 0 heterocycles. The minimum atomic E-state index is -1.95. The third kappa shape index (κ3) is 5.87. The number of rotatable bonds is 5. The maximum absolute atomic E-state index is 15.1. The van der Waals surface area contributed by atoms with Crippen LogP contribution in [0, 0.1) is 17.3 Å². The molecule has 6 heteroatoms. The van der Waals surface area contributed by atoms with E-state index in [9.17, 15) is 4.21 Å². The Kier molecular flexibility index (Phi) is 8.86. The van der Waals surface area contributed by atoms with Crippen molar-refractivity contribution in [2.75, 3.05) is 0 Å². The molecule has 0 aliphatic carbocycles. The summed E-state index contributed by atoms with van der Waals surface area (Å²) >= 11 is 3.44. The first-order valence-corrected chi connectivity index (χ1v) is 13.8. The van der Waals surface area contributed by atoms with Gasteiger partial charge in [-0.2, -0.15) is 4.40 Å². The van der Waals surface area contributed by atoms with Crippen molar-refractivity contribution in [1.29, 1.82) is 0 Å². The highest BCUT2D eigenvalue weighted by molar-refractivity contribution is 9.10. The highest BCUT2D eigenvalue weighted by Crippen LogP contribution is 2.40. The monoisotopic (exact) mass is 485 g/mol. The SMILES string of the molecule is CC(C)[Si](C#Cc1cc(Br)cc(/C=N/S(=O)C(C)(C)C)c1F)(C(C)C)C(C)C. The first-order valence-electron chi connectivity index (χ1n) is 9.71. The Balaban J connectivity index is 3.47. The third-order valence-corrected chi connectivity index (χ3v) is 13.2. The van der Waals surface area contributed by atoms with Gasteiger partial charge in [0.2, 0.25) is 0 Å². The van der Waals surface area contributed by atoms with Crippen molar-refractivity contribution in [2.24, 2.45) is 4.40 Å². The minimum absolute atomic E-state index is 0.294. The average molecular weight is 487 g/mol. The first kappa shape index (κ1) is 25.3. The van der Waals surface area contributed by atoms with Crippen molar-refractivity contribution < 1.29 is 8.60 Å². The number of nitrogens with zero attached hydrogens (tertiary/aromatic N) is 1. The standard InChI is InChI=1S/C22H33BrFNOSSi/c1-15(2)28(16(3)4,17(5)6)11-10-18-12-20(23)13-19(21(18)24)14-25-27(26)22(7,8)9/h12-17H,1-9H3/b25-14+. The van der Waals surface area contributed by atoms with E-state index in [0.717, 1.165) is 4.47 Å². The predicted octanol–water partition coefficient (Wildman–Crippen LogP) is 7.04. The molecular formula is C22H33BrFNOSSi. The van der Waals surface area contributed by atoms with E-state index in [1.807, 2.05) is 20.8 Å². The highest BCUT2D eigenvalue weighted by atomic mass is 79.9. The van der Waals surface area contributed by atoms with Gasteiger partial charge in [0.25, 0.3) is 0 Å². The van der Waals surface area contributed by atoms with Gasteiger partial charge >= 0.3 is 0 Å². The number of hydrogen-bond acceptors (Lipinski definition) is 1. The molecule has 0 aromatic heterocycles. The molecule has 1 rings (SSSR count). The Bertz CT molecular complexity index is 795. The van der Waals surface area contributed by atoms with Crippen LogP contribution in [0.3, 0.4) is 0 Å². The number of hydrogen-bond donors (Lipinski definition) is 0. The molecule has 1 aromatic rings. The van der Waals surface area contributed by atoms with Crippen LogP contribution in [0.2, 0.25) is 16.6 Å². The lowest BCUT2D eigenvalue weighted by molar-refractivity contribution is 0.622. The molecule has 0 saturated heterocycles. The summed E-state index contributed by atoms with van der Waals surface area (Å²) in [5.74, 6) is 2.75. The van der Waals surface area contributed by atoms with Gasteiger partial charge in [0.1, 0.15) is 24.9 Å². The summed E-state index contributed by atoms with van der Waals surface area (Å²) in [6, 6.07) is 3.35. The van der Waals surface area contributed by atoms with Gasteiger partial charge < -0.3 is 0 Å². The zero-order valence-corrected chi connectivity index (χ0v) is 21.9. The molecule has 0 fully saturated rings. The molecule has 0 spiro atoms. The van der Waals surface area contributed by atoms with Crippen molar-refractivity contribution in [3.8, 4) is 11.5 Å². The van der Waals surface area contributed by atoms with Crippen LogP contribution < -0.4 is 0 Å². The second-order valence-electron chi connectivity index (χ2n) is 9.10. The molecule has 0 aliphatic rings. The topological polar surface area (TPSA) is 29.4 Å². The molecule has 1 aromatic carbocycles. The molecule has 1 unspecified atom stereocenters. The first-order chi connectivity index (χ1) is 12.7. The van der Waals surface area contributed by atoms with Crippen LogP contribution in [0.1, 0.15) is 73.4 Å². The van der Waals surface area contributed by atoms with E-state index in [-0.39, 0.29) is 0 Å². The van der Waals surface area contributed by atoms with Gasteiger partial charge in [-0.05, 0) is 49.5 Å². The van der Waals surface area contributed by atoms with Crippen molar-refractivity contribution in [2.45, 2.75) is 83.7 Å². The van der Waals surface area contributed by atoms with Gasteiger partial charge in [-0.1, -0.05) is 63.4 Å². The van der Waals surface area contributed by atoms with Crippen LogP contribution in [-0.4, -0.2) is 23.2 Å². The predicted molar refractivity (Wildman–Crippen MR) is 128 cm³/mol. The molecule has 0 saturated carbocycles. The van der Waals surface area contributed by atoms with Gasteiger partial charge in [-0.15, -0.1) is 5.54 Å². The molecule has 2 nitrogen and oxygen atoms in total. The maximum atomic E-state index is 15.1. The summed E-state index contributed by atoms with van der Waals surface area (Å²) in [7, 11) is -3.39. The molecule has 0 amide bonds. The molecule has 156 valence electrons. The quantitative estimate of drug-likeness (QED) is 0.249. The second-order valence-corrected chi connectivity index (χ2v) is 17.5. The van der Waals surface area contributed by atoms with Crippen molar-refractivity contribution in [1.82, 2.24) is 0 Å². The van der Waals surface area contributed by atoms with Crippen molar-refractivity contribution >= 4 is 41.2 Å². The lowest BCUT2D eigenvalue weighted by atomic mass is 10.1. The third-order valence-electron chi connectivity index (χ3n) is 5.16. The minimum Gasteiger partial charge on any atom is -0.234 e. The normalized spacial score (nSPS) is 14.1. The summed E-state index contributed by atoms with van der Waals surface area (Å²) in [5.41, 5.74) is 5.64. The Morgan fingerprint density at radius 1 is 1.11 bits per heavy atom. The molecule has 0 N–H and O–H groups in total. The van der Waals surface area contributed by atoms with E-state index < -0.39 is 29.6 Å². The number of halogens is 2. The summed E-state index contributed by atoms with van der Waals surface area (Å²) in [4.78, 5) is 0. The summed E-state index contributed by atoms with van der Waals surface area (Å²) < 4.78 is 31.5. The van der Waals surface area contributed by atoms with E-state index in [1.165, 1.54) is 6.21 Å². The van der Waals surface area contributed by atoms with E-state index in [0.29, 0.717) is 27.8 Å². The molecule has 0 aliphatic heterocycles. The lowest BCUT2D eigenvalue weighted by Gasteiger charge is -2.38. The fraction of sp³-hybridized carbons (Fsp3) is 0.591. The Morgan fingerprint density at radius 3 is 2.04 bits per heavy atom. The highest BCUT2D eigenvalue weighted by Gasteiger charge is 2.41. The summed E-state index contributed by atoms with van der Waals surface area (Å²) in [5, 5.41) is 0. The van der Waals surface area contributed by atoms with Crippen molar-refractivity contribution in [3.05, 3.63) is 33.5 Å². The fourth-order valence-electron chi connectivity index (χ4n) is 3.67. The van der Waals surface area contributed by atoms with E-state index >= 15 is 4.39 Å². The molecule has 0 radical (unpaired) electrons. The van der Waals surface area contributed by atoms with E-state index in [4.69, 9.17) is 0 Å². The van der Waals surface area contributed by atoms with Gasteiger partial charge in [-0.3, -0.25) is 0 Å². The van der Waals surface area contributed by atoms with Gasteiger partial charge in [0.05, 0.1) is 10.3 Å². The molecule has 1 atom stereocenters. The van der Waals surface area contributed by atoms with Crippen LogP contribution in [0.25, 0.3) is 0 Å². The number of benzene rings is 1. The van der Waals surface area contributed by atoms with Crippen LogP contribution >= 0.6 is 15.9 Å². The average Bonchev–Trinajstić information content (AvgIpc) is 2.54. The van der Waals surface area contributed by atoms with E-state index in [1.54, 1.807) is 12.1 Å². The fourth-order valence-corrected chi connectivity index (χ4v) is 9.88. The Hall–Kier alpha value is -0.773. The van der Waals surface area contributed by atoms with Crippen LogP contribution in [-0.2, 0) is 11.0 Å². The van der Waals surface area contributed by atoms with Crippen molar-refractivity contribution in [3.63, 3.8) is 0 Å². The molecule has 0 bridgehead atoms. The van der Waals surface area contributed by atoms with E-state index in [2.05, 4.69) is 73.3 Å². The van der Waals surface area contributed by atoms with Gasteiger partial charge in [-0.25, -0.2) is 8.60 Å².